The summed E-state index contributed by atoms with van der Waals surface area (Å²) in [5.74, 6) is 2.50. The van der Waals surface area contributed by atoms with Gasteiger partial charge in [-0.3, -0.25) is 4.79 Å². The molecule has 0 saturated carbocycles. The lowest BCUT2D eigenvalue weighted by Crippen LogP contribution is -2.25. The monoisotopic (exact) mass is 341 g/mol. The van der Waals surface area contributed by atoms with E-state index in [2.05, 4.69) is 5.32 Å². The molecule has 0 radical (unpaired) electrons. The van der Waals surface area contributed by atoms with Gasteiger partial charge in [0.15, 0.2) is 11.5 Å². The first-order chi connectivity index (χ1) is 12.3. The largest absolute Gasteiger partial charge is 0.496 e. The number of ether oxygens (including phenoxy) is 3. The Morgan fingerprint density at radius 1 is 1.12 bits per heavy atom. The number of methoxy groups -OCH3 is 1. The normalized spacial score (nSPS) is 12.0. The fourth-order valence-electron chi connectivity index (χ4n) is 2.86. The second kappa shape index (κ2) is 8.42. The van der Waals surface area contributed by atoms with Crippen LogP contribution in [0.25, 0.3) is 0 Å². The molecular weight excluding hydrogens is 318 g/mol. The summed E-state index contributed by atoms with van der Waals surface area (Å²) >= 11 is 0. The number of fused-ring (bicyclic) bond motifs is 1. The maximum atomic E-state index is 12.0. The highest BCUT2D eigenvalue weighted by molar-refractivity contribution is 5.76. The summed E-state index contributed by atoms with van der Waals surface area (Å²) < 4.78 is 16.0. The summed E-state index contributed by atoms with van der Waals surface area (Å²) in [6.07, 6.45) is 2.92. The van der Waals surface area contributed by atoms with Crippen molar-refractivity contribution < 1.29 is 19.0 Å². The van der Waals surface area contributed by atoms with E-state index < -0.39 is 0 Å². The molecule has 5 heteroatoms. The SMILES string of the molecule is COc1ccccc1CCC(=O)NCCCc1ccc2c(c1)OCO2. The number of nitrogens with one attached hydrogen (secondary N) is 1. The molecule has 1 N–H and O–H groups in total. The summed E-state index contributed by atoms with van der Waals surface area (Å²) in [7, 11) is 1.65. The standard InChI is InChI=1S/C20H23NO4/c1-23-17-7-3-2-6-16(17)9-11-20(22)21-12-4-5-15-8-10-18-19(13-15)25-14-24-18/h2-3,6-8,10,13H,4-5,9,11-12,14H2,1H3,(H,21,22). The molecule has 0 unspecified atom stereocenters. The van der Waals surface area contributed by atoms with Gasteiger partial charge in [0, 0.05) is 13.0 Å². The highest BCUT2D eigenvalue weighted by atomic mass is 16.7. The highest BCUT2D eigenvalue weighted by Crippen LogP contribution is 2.32. The van der Waals surface area contributed by atoms with Crippen LogP contribution in [0.5, 0.6) is 17.2 Å². The van der Waals surface area contributed by atoms with Crippen molar-refractivity contribution >= 4 is 5.91 Å². The van der Waals surface area contributed by atoms with Gasteiger partial charge in [-0.1, -0.05) is 24.3 Å². The van der Waals surface area contributed by atoms with E-state index in [1.807, 2.05) is 42.5 Å². The van der Waals surface area contributed by atoms with Gasteiger partial charge in [0.1, 0.15) is 5.75 Å². The average Bonchev–Trinajstić information content (AvgIpc) is 3.11. The van der Waals surface area contributed by atoms with Gasteiger partial charge in [0.25, 0.3) is 0 Å². The van der Waals surface area contributed by atoms with Crippen molar-refractivity contribution in [3.63, 3.8) is 0 Å². The lowest BCUT2D eigenvalue weighted by Gasteiger charge is -2.09. The number of aryl methyl sites for hydroxylation is 2. The number of hydrogen-bond donors (Lipinski definition) is 1. The molecule has 0 aromatic heterocycles. The molecule has 0 atom stereocenters. The first-order valence-electron chi connectivity index (χ1n) is 8.53. The minimum Gasteiger partial charge on any atom is -0.496 e. The molecular formula is C20H23NO4. The van der Waals surface area contributed by atoms with Gasteiger partial charge in [0.2, 0.25) is 12.7 Å². The lowest BCUT2D eigenvalue weighted by molar-refractivity contribution is -0.121. The van der Waals surface area contributed by atoms with Crippen LogP contribution in [0, 0.1) is 0 Å². The van der Waals surface area contributed by atoms with E-state index in [4.69, 9.17) is 14.2 Å². The Morgan fingerprint density at radius 3 is 2.84 bits per heavy atom. The van der Waals surface area contributed by atoms with Gasteiger partial charge in [-0.05, 0) is 48.6 Å². The van der Waals surface area contributed by atoms with Crippen LogP contribution >= 0.6 is 0 Å². The first-order valence-corrected chi connectivity index (χ1v) is 8.53. The Bertz CT molecular complexity index is 729. The Kier molecular flexibility index (Phi) is 5.77. The van der Waals surface area contributed by atoms with Gasteiger partial charge < -0.3 is 19.5 Å². The molecule has 25 heavy (non-hydrogen) atoms. The second-order valence-electron chi connectivity index (χ2n) is 5.95. The molecule has 1 heterocycles. The Morgan fingerprint density at radius 2 is 1.96 bits per heavy atom. The molecule has 0 spiro atoms. The smallest absolute Gasteiger partial charge is 0.231 e. The third kappa shape index (κ3) is 4.66. The summed E-state index contributed by atoms with van der Waals surface area (Å²) in [6.45, 7) is 0.959. The molecule has 3 rings (SSSR count). The van der Waals surface area contributed by atoms with Crippen molar-refractivity contribution in [1.29, 1.82) is 0 Å². The summed E-state index contributed by atoms with van der Waals surface area (Å²) in [6, 6.07) is 13.8. The number of hydrogen-bond acceptors (Lipinski definition) is 4. The third-order valence-electron chi connectivity index (χ3n) is 4.22. The average molecular weight is 341 g/mol. The van der Waals surface area contributed by atoms with E-state index in [9.17, 15) is 4.79 Å². The van der Waals surface area contributed by atoms with Crippen LogP contribution in [-0.2, 0) is 17.6 Å². The van der Waals surface area contributed by atoms with Crippen LogP contribution in [-0.4, -0.2) is 26.4 Å². The molecule has 0 fully saturated rings. The van der Waals surface area contributed by atoms with Gasteiger partial charge >= 0.3 is 0 Å². The predicted molar refractivity (Wildman–Crippen MR) is 95.2 cm³/mol. The van der Waals surface area contributed by atoms with Crippen LogP contribution < -0.4 is 19.5 Å². The first kappa shape index (κ1) is 17.1. The van der Waals surface area contributed by atoms with Gasteiger partial charge in [-0.2, -0.15) is 0 Å². The highest BCUT2D eigenvalue weighted by Gasteiger charge is 2.13. The Balaban J connectivity index is 1.37. The topological polar surface area (TPSA) is 56.8 Å². The van der Waals surface area contributed by atoms with Gasteiger partial charge in [-0.15, -0.1) is 0 Å². The van der Waals surface area contributed by atoms with Gasteiger partial charge in [-0.25, -0.2) is 0 Å². The number of para-hydroxylation sites is 1. The van der Waals surface area contributed by atoms with E-state index in [0.29, 0.717) is 26.2 Å². The van der Waals surface area contributed by atoms with Crippen molar-refractivity contribution in [2.75, 3.05) is 20.4 Å². The molecule has 0 bridgehead atoms. The number of benzene rings is 2. The number of carbonyl (C=O) groups is 1. The zero-order chi connectivity index (χ0) is 17.5. The van der Waals surface area contributed by atoms with E-state index in [0.717, 1.165) is 35.7 Å². The van der Waals surface area contributed by atoms with Gasteiger partial charge in [0.05, 0.1) is 7.11 Å². The predicted octanol–water partition coefficient (Wildman–Crippen LogP) is 3.11. The zero-order valence-corrected chi connectivity index (χ0v) is 14.4. The Labute approximate surface area is 147 Å². The number of carbonyl (C=O) groups excluding carboxylic acids is 1. The minimum absolute atomic E-state index is 0.0663. The quantitative estimate of drug-likeness (QED) is 0.750. The molecule has 1 aliphatic heterocycles. The van der Waals surface area contributed by atoms with E-state index in [-0.39, 0.29) is 5.91 Å². The summed E-state index contributed by atoms with van der Waals surface area (Å²) in [5.41, 5.74) is 2.24. The van der Waals surface area contributed by atoms with Crippen LogP contribution in [0.15, 0.2) is 42.5 Å². The molecule has 2 aromatic carbocycles. The van der Waals surface area contributed by atoms with E-state index in [1.165, 1.54) is 5.56 Å². The van der Waals surface area contributed by atoms with Crippen LogP contribution in [0.1, 0.15) is 24.0 Å². The maximum absolute atomic E-state index is 12.0. The lowest BCUT2D eigenvalue weighted by atomic mass is 10.1. The minimum atomic E-state index is 0.0663. The van der Waals surface area contributed by atoms with Crippen molar-refractivity contribution in [3.8, 4) is 17.2 Å². The van der Waals surface area contributed by atoms with Crippen molar-refractivity contribution in [3.05, 3.63) is 53.6 Å². The molecule has 5 nitrogen and oxygen atoms in total. The fraction of sp³-hybridized carbons (Fsp3) is 0.350. The fourth-order valence-corrected chi connectivity index (χ4v) is 2.86. The third-order valence-corrected chi connectivity index (χ3v) is 4.22. The molecule has 1 amide bonds. The maximum Gasteiger partial charge on any atom is 0.231 e. The van der Waals surface area contributed by atoms with Crippen LogP contribution in [0.3, 0.4) is 0 Å². The molecule has 0 aliphatic carbocycles. The zero-order valence-electron chi connectivity index (χ0n) is 14.4. The molecule has 2 aromatic rings. The second-order valence-corrected chi connectivity index (χ2v) is 5.95. The summed E-state index contributed by atoms with van der Waals surface area (Å²) in [5, 5.41) is 2.98. The Hall–Kier alpha value is -2.69. The molecule has 1 aliphatic rings. The van der Waals surface area contributed by atoms with Crippen molar-refractivity contribution in [2.24, 2.45) is 0 Å². The van der Waals surface area contributed by atoms with Crippen molar-refractivity contribution in [2.45, 2.75) is 25.7 Å². The van der Waals surface area contributed by atoms with Crippen LogP contribution in [0.2, 0.25) is 0 Å². The number of amides is 1. The number of rotatable bonds is 8. The molecule has 132 valence electrons. The van der Waals surface area contributed by atoms with Crippen molar-refractivity contribution in [1.82, 2.24) is 5.32 Å². The van der Waals surface area contributed by atoms with E-state index in [1.54, 1.807) is 7.11 Å². The van der Waals surface area contributed by atoms with Crippen LogP contribution in [0.4, 0.5) is 0 Å². The summed E-state index contributed by atoms with van der Waals surface area (Å²) in [4.78, 5) is 12.0. The molecule has 0 saturated heterocycles. The van der Waals surface area contributed by atoms with E-state index >= 15 is 0 Å².